The minimum Gasteiger partial charge on any atom is -0.390 e. The van der Waals surface area contributed by atoms with Crippen LogP contribution in [0, 0.1) is 5.92 Å². The highest BCUT2D eigenvalue weighted by molar-refractivity contribution is 4.74. The minimum atomic E-state index is -2.58. The van der Waals surface area contributed by atoms with Crippen LogP contribution in [-0.2, 0) is 4.74 Å². The molecule has 4 heteroatoms. The molecule has 2 unspecified atom stereocenters. The second-order valence-electron chi connectivity index (χ2n) is 3.83. The summed E-state index contributed by atoms with van der Waals surface area (Å²) in [6.07, 6.45) is 0.528. The lowest BCUT2D eigenvalue weighted by Gasteiger charge is -2.14. The zero-order chi connectivity index (χ0) is 9.90. The van der Waals surface area contributed by atoms with Crippen LogP contribution in [0.5, 0.6) is 0 Å². The third kappa shape index (κ3) is 4.00. The Morgan fingerprint density at radius 2 is 2.15 bits per heavy atom. The summed E-state index contributed by atoms with van der Waals surface area (Å²) in [4.78, 5) is 0. The van der Waals surface area contributed by atoms with Crippen molar-refractivity contribution < 1.29 is 18.6 Å². The van der Waals surface area contributed by atoms with Gasteiger partial charge in [0.15, 0.2) is 0 Å². The smallest absolute Gasteiger partial charge is 0.245 e. The van der Waals surface area contributed by atoms with Crippen LogP contribution in [0.15, 0.2) is 0 Å². The van der Waals surface area contributed by atoms with Gasteiger partial charge in [-0.05, 0) is 19.8 Å². The van der Waals surface area contributed by atoms with E-state index in [4.69, 9.17) is 4.74 Å². The Labute approximate surface area is 76.9 Å². The molecular weight excluding hydrogens is 178 g/mol. The van der Waals surface area contributed by atoms with Crippen LogP contribution >= 0.6 is 0 Å². The van der Waals surface area contributed by atoms with E-state index in [1.807, 2.05) is 0 Å². The van der Waals surface area contributed by atoms with E-state index in [9.17, 15) is 13.9 Å². The Balaban J connectivity index is 2.12. The monoisotopic (exact) mass is 194 g/mol. The summed E-state index contributed by atoms with van der Waals surface area (Å²) in [5, 5.41) is 9.31. The first-order valence-electron chi connectivity index (χ1n) is 4.63. The van der Waals surface area contributed by atoms with Gasteiger partial charge in [0.2, 0.25) is 5.92 Å². The average Bonchev–Trinajstić information content (AvgIpc) is 2.34. The molecule has 1 heterocycles. The van der Waals surface area contributed by atoms with Gasteiger partial charge in [0, 0.05) is 12.3 Å². The number of rotatable bonds is 4. The van der Waals surface area contributed by atoms with Gasteiger partial charge < -0.3 is 9.84 Å². The Kier molecular flexibility index (Phi) is 3.62. The van der Waals surface area contributed by atoms with Gasteiger partial charge in [-0.3, -0.25) is 0 Å². The van der Waals surface area contributed by atoms with Crippen LogP contribution < -0.4 is 0 Å². The fraction of sp³-hybridized carbons (Fsp3) is 1.00. The van der Waals surface area contributed by atoms with E-state index in [0.29, 0.717) is 26.1 Å². The Hall–Kier alpha value is -0.220. The summed E-state index contributed by atoms with van der Waals surface area (Å²) in [6, 6.07) is 0. The van der Waals surface area contributed by atoms with Crippen molar-refractivity contribution in [3.05, 3.63) is 0 Å². The maximum atomic E-state index is 12.4. The quantitative estimate of drug-likeness (QED) is 0.739. The van der Waals surface area contributed by atoms with Crippen molar-refractivity contribution in [1.82, 2.24) is 0 Å². The molecule has 0 radical (unpaired) electrons. The molecule has 0 aromatic rings. The number of halogens is 2. The third-order valence-corrected chi connectivity index (χ3v) is 2.36. The molecule has 1 aliphatic heterocycles. The maximum Gasteiger partial charge on any atom is 0.245 e. The fourth-order valence-electron chi connectivity index (χ4n) is 1.54. The molecule has 2 nitrogen and oxygen atoms in total. The second kappa shape index (κ2) is 4.33. The predicted molar refractivity (Wildman–Crippen MR) is 44.8 cm³/mol. The molecule has 1 saturated heterocycles. The Bertz CT molecular complexity index is 156. The van der Waals surface area contributed by atoms with Gasteiger partial charge in [-0.15, -0.1) is 0 Å². The zero-order valence-corrected chi connectivity index (χ0v) is 7.80. The van der Waals surface area contributed by atoms with Gasteiger partial charge >= 0.3 is 0 Å². The van der Waals surface area contributed by atoms with Crippen LogP contribution in [0.4, 0.5) is 8.78 Å². The van der Waals surface area contributed by atoms with Crippen molar-refractivity contribution in [1.29, 1.82) is 0 Å². The van der Waals surface area contributed by atoms with Gasteiger partial charge in [0.25, 0.3) is 0 Å². The van der Waals surface area contributed by atoms with Gasteiger partial charge in [0.05, 0.1) is 19.3 Å². The molecule has 0 bridgehead atoms. The fourth-order valence-corrected chi connectivity index (χ4v) is 1.54. The van der Waals surface area contributed by atoms with E-state index in [1.54, 1.807) is 0 Å². The molecule has 1 aliphatic rings. The topological polar surface area (TPSA) is 29.5 Å². The third-order valence-electron chi connectivity index (χ3n) is 2.36. The number of hydrogen-bond acceptors (Lipinski definition) is 2. The van der Waals surface area contributed by atoms with Crippen molar-refractivity contribution in [2.24, 2.45) is 5.92 Å². The van der Waals surface area contributed by atoms with E-state index in [0.717, 1.165) is 6.92 Å². The Morgan fingerprint density at radius 1 is 1.46 bits per heavy atom. The van der Waals surface area contributed by atoms with E-state index in [2.05, 4.69) is 0 Å². The minimum absolute atomic E-state index is 0.0577. The Morgan fingerprint density at radius 3 is 2.62 bits per heavy atom. The molecule has 0 aromatic heterocycles. The molecule has 0 amide bonds. The summed E-state index contributed by atoms with van der Waals surface area (Å²) >= 11 is 0. The van der Waals surface area contributed by atoms with E-state index < -0.39 is 12.0 Å². The molecule has 13 heavy (non-hydrogen) atoms. The van der Waals surface area contributed by atoms with E-state index in [-0.39, 0.29) is 12.3 Å². The zero-order valence-electron chi connectivity index (χ0n) is 7.80. The molecule has 0 aliphatic carbocycles. The van der Waals surface area contributed by atoms with Crippen LogP contribution in [0.1, 0.15) is 26.2 Å². The summed E-state index contributed by atoms with van der Waals surface area (Å²) < 4.78 is 29.8. The largest absolute Gasteiger partial charge is 0.390 e. The molecule has 1 N–H and O–H groups in total. The predicted octanol–water partition coefficient (Wildman–Crippen LogP) is 1.82. The van der Waals surface area contributed by atoms with Crippen molar-refractivity contribution in [2.45, 2.75) is 38.2 Å². The highest BCUT2D eigenvalue weighted by Gasteiger charge is 2.27. The lowest BCUT2D eigenvalue weighted by Crippen LogP contribution is -2.18. The van der Waals surface area contributed by atoms with E-state index in [1.165, 1.54) is 0 Å². The number of aliphatic hydroxyl groups is 1. The first-order chi connectivity index (χ1) is 5.99. The SMILES string of the molecule is CC(F)(F)CCCC1COCC1O. The van der Waals surface area contributed by atoms with Crippen molar-refractivity contribution in [3.63, 3.8) is 0 Å². The van der Waals surface area contributed by atoms with Crippen LogP contribution in [0.2, 0.25) is 0 Å². The van der Waals surface area contributed by atoms with Crippen LogP contribution in [0.3, 0.4) is 0 Å². The molecule has 0 spiro atoms. The van der Waals surface area contributed by atoms with Crippen LogP contribution in [0.25, 0.3) is 0 Å². The summed E-state index contributed by atoms with van der Waals surface area (Å²) in [6.45, 7) is 1.79. The summed E-state index contributed by atoms with van der Waals surface area (Å²) in [5.74, 6) is -2.52. The van der Waals surface area contributed by atoms with Gasteiger partial charge in [-0.2, -0.15) is 0 Å². The molecular formula is C9H16F2O2. The highest BCUT2D eigenvalue weighted by Crippen LogP contribution is 2.24. The molecule has 78 valence electrons. The number of hydrogen-bond donors (Lipinski definition) is 1. The standard InChI is InChI=1S/C9H16F2O2/c1-9(10,11)4-2-3-7-5-13-6-8(7)12/h7-8,12H,2-6H2,1H3. The molecule has 0 saturated carbocycles. The summed E-state index contributed by atoms with van der Waals surface area (Å²) in [7, 11) is 0. The van der Waals surface area contributed by atoms with E-state index >= 15 is 0 Å². The van der Waals surface area contributed by atoms with Crippen molar-refractivity contribution in [3.8, 4) is 0 Å². The number of alkyl halides is 2. The molecule has 2 atom stereocenters. The van der Waals surface area contributed by atoms with Crippen LogP contribution in [-0.4, -0.2) is 30.3 Å². The van der Waals surface area contributed by atoms with Crippen molar-refractivity contribution in [2.75, 3.05) is 13.2 Å². The first kappa shape index (κ1) is 10.9. The van der Waals surface area contributed by atoms with Gasteiger partial charge in [0.1, 0.15) is 0 Å². The number of ether oxygens (including phenoxy) is 1. The number of aliphatic hydroxyl groups excluding tert-OH is 1. The lowest BCUT2D eigenvalue weighted by molar-refractivity contribution is 0.00795. The first-order valence-corrected chi connectivity index (χ1v) is 4.63. The molecule has 1 rings (SSSR count). The molecule has 0 aromatic carbocycles. The maximum absolute atomic E-state index is 12.4. The summed E-state index contributed by atoms with van der Waals surface area (Å²) in [5.41, 5.74) is 0. The normalized spacial score (nSPS) is 29.5. The van der Waals surface area contributed by atoms with Crippen molar-refractivity contribution >= 4 is 0 Å². The van der Waals surface area contributed by atoms with Gasteiger partial charge in [-0.1, -0.05) is 0 Å². The second-order valence-corrected chi connectivity index (χ2v) is 3.83. The van der Waals surface area contributed by atoms with Gasteiger partial charge in [-0.25, -0.2) is 8.78 Å². The highest BCUT2D eigenvalue weighted by atomic mass is 19.3. The molecule has 1 fully saturated rings. The average molecular weight is 194 g/mol. The lowest BCUT2D eigenvalue weighted by atomic mass is 9.98.